The first kappa shape index (κ1) is 19.2. The molecule has 1 heterocycles. The molecule has 0 saturated carbocycles. The zero-order valence-corrected chi connectivity index (χ0v) is 16.0. The van der Waals surface area contributed by atoms with Gasteiger partial charge in [-0.25, -0.2) is 4.98 Å². The van der Waals surface area contributed by atoms with E-state index in [-0.39, 0.29) is 11.3 Å². The molecule has 28 heavy (non-hydrogen) atoms. The number of para-hydroxylation sites is 2. The molecule has 0 atom stereocenters. The summed E-state index contributed by atoms with van der Waals surface area (Å²) in [6.07, 6.45) is 0. The summed E-state index contributed by atoms with van der Waals surface area (Å²) in [5, 5.41) is 20.0. The number of imidazole rings is 1. The second-order valence-corrected chi connectivity index (χ2v) is 6.98. The first-order valence-electron chi connectivity index (χ1n) is 8.83. The molecule has 0 aliphatic carbocycles. The van der Waals surface area contributed by atoms with Gasteiger partial charge >= 0.3 is 5.97 Å². The van der Waals surface area contributed by atoms with Crippen molar-refractivity contribution in [2.24, 2.45) is 7.05 Å². The van der Waals surface area contributed by atoms with E-state index >= 15 is 0 Å². The van der Waals surface area contributed by atoms with Crippen LogP contribution in [-0.2, 0) is 22.0 Å². The summed E-state index contributed by atoms with van der Waals surface area (Å²) in [4.78, 5) is 17.0. The van der Waals surface area contributed by atoms with Crippen LogP contribution in [0.4, 0.5) is 0 Å². The minimum absolute atomic E-state index is 0.0241. The van der Waals surface area contributed by atoms with Crippen LogP contribution in [0, 0.1) is 11.3 Å². The Balaban J connectivity index is 1.84. The molecular weight excluding hydrogens is 354 g/mol. The lowest BCUT2D eigenvalue weighted by Gasteiger charge is -2.23. The van der Waals surface area contributed by atoms with Crippen LogP contribution in [-0.4, -0.2) is 27.2 Å². The molecular formula is C22H21N3O3. The molecule has 3 aromatic rings. The Bertz CT molecular complexity index is 1090. The SMILES string of the molecule is Cn1c(/C(C#N)=C(\O)COC(=O)C(C)(C)c2ccccc2)nc2ccccc21. The average Bonchev–Trinajstić information content (AvgIpc) is 3.04. The number of aryl methyl sites for hydroxylation is 1. The van der Waals surface area contributed by atoms with E-state index in [2.05, 4.69) is 4.98 Å². The maximum Gasteiger partial charge on any atom is 0.316 e. The molecule has 142 valence electrons. The number of allylic oxidation sites excluding steroid dienone is 1. The fraction of sp³-hybridized carbons (Fsp3) is 0.227. The largest absolute Gasteiger partial charge is 0.507 e. The van der Waals surface area contributed by atoms with Crippen LogP contribution in [0.25, 0.3) is 16.6 Å². The van der Waals surface area contributed by atoms with Crippen LogP contribution in [0.3, 0.4) is 0 Å². The highest BCUT2D eigenvalue weighted by atomic mass is 16.5. The van der Waals surface area contributed by atoms with E-state index in [0.29, 0.717) is 11.3 Å². The number of hydrogen-bond acceptors (Lipinski definition) is 5. The molecule has 0 saturated heterocycles. The second kappa shape index (κ2) is 7.57. The third kappa shape index (κ3) is 3.47. The molecule has 3 rings (SSSR count). The number of carbonyl (C=O) groups excluding carboxylic acids is 1. The van der Waals surface area contributed by atoms with Gasteiger partial charge < -0.3 is 14.4 Å². The van der Waals surface area contributed by atoms with E-state index < -0.39 is 18.0 Å². The van der Waals surface area contributed by atoms with E-state index in [1.165, 1.54) is 0 Å². The van der Waals surface area contributed by atoms with Crippen molar-refractivity contribution in [3.63, 3.8) is 0 Å². The zero-order chi connectivity index (χ0) is 20.3. The fourth-order valence-corrected chi connectivity index (χ4v) is 2.97. The smallest absolute Gasteiger partial charge is 0.316 e. The van der Waals surface area contributed by atoms with Crippen molar-refractivity contribution in [2.45, 2.75) is 19.3 Å². The van der Waals surface area contributed by atoms with Gasteiger partial charge in [-0.3, -0.25) is 4.79 Å². The number of nitriles is 1. The molecule has 6 nitrogen and oxygen atoms in total. The first-order valence-corrected chi connectivity index (χ1v) is 8.83. The van der Waals surface area contributed by atoms with Crippen LogP contribution in [0.1, 0.15) is 25.2 Å². The maximum absolute atomic E-state index is 12.6. The summed E-state index contributed by atoms with van der Waals surface area (Å²) in [5.74, 6) is -0.509. The number of esters is 1. The van der Waals surface area contributed by atoms with Crippen LogP contribution in [0.2, 0.25) is 0 Å². The van der Waals surface area contributed by atoms with Gasteiger partial charge in [-0.15, -0.1) is 0 Å². The quantitative estimate of drug-likeness (QED) is 0.415. The number of aromatic nitrogens is 2. The summed E-state index contributed by atoms with van der Waals surface area (Å²) < 4.78 is 7.03. The molecule has 0 fully saturated rings. The van der Waals surface area contributed by atoms with Gasteiger partial charge in [-0.05, 0) is 31.5 Å². The van der Waals surface area contributed by atoms with Crippen LogP contribution in [0.15, 0.2) is 60.4 Å². The van der Waals surface area contributed by atoms with Crippen molar-refractivity contribution in [1.82, 2.24) is 9.55 Å². The number of aliphatic hydroxyl groups is 1. The predicted octanol–water partition coefficient (Wildman–Crippen LogP) is 3.89. The summed E-state index contributed by atoms with van der Waals surface area (Å²) in [6, 6.07) is 18.6. The van der Waals surface area contributed by atoms with E-state index in [0.717, 1.165) is 11.1 Å². The predicted molar refractivity (Wildman–Crippen MR) is 106 cm³/mol. The van der Waals surface area contributed by atoms with Gasteiger partial charge in [0.2, 0.25) is 0 Å². The first-order chi connectivity index (χ1) is 13.4. The molecule has 0 bridgehead atoms. The lowest BCUT2D eigenvalue weighted by Crippen LogP contribution is -2.31. The summed E-state index contributed by atoms with van der Waals surface area (Å²) >= 11 is 0. The number of nitrogens with zero attached hydrogens (tertiary/aromatic N) is 3. The van der Waals surface area contributed by atoms with Gasteiger partial charge in [0, 0.05) is 7.05 Å². The van der Waals surface area contributed by atoms with Gasteiger partial charge in [0.05, 0.1) is 16.4 Å². The van der Waals surface area contributed by atoms with Crippen molar-refractivity contribution in [2.75, 3.05) is 6.61 Å². The van der Waals surface area contributed by atoms with E-state index in [1.54, 1.807) is 25.5 Å². The Morgan fingerprint density at radius 3 is 2.46 bits per heavy atom. The zero-order valence-electron chi connectivity index (χ0n) is 16.0. The number of hydrogen-bond donors (Lipinski definition) is 1. The molecule has 0 spiro atoms. The fourth-order valence-electron chi connectivity index (χ4n) is 2.97. The lowest BCUT2D eigenvalue weighted by atomic mass is 9.85. The minimum atomic E-state index is -0.883. The summed E-state index contributed by atoms with van der Waals surface area (Å²) in [6.45, 7) is 3.10. The highest BCUT2D eigenvalue weighted by Gasteiger charge is 2.31. The molecule has 2 aromatic carbocycles. The number of aliphatic hydroxyl groups excluding tert-OH is 1. The number of carbonyl (C=O) groups is 1. The molecule has 0 unspecified atom stereocenters. The van der Waals surface area contributed by atoms with Crippen molar-refractivity contribution >= 4 is 22.6 Å². The van der Waals surface area contributed by atoms with Crippen molar-refractivity contribution in [3.8, 4) is 6.07 Å². The molecule has 1 N–H and O–H groups in total. The number of benzene rings is 2. The highest BCUT2D eigenvalue weighted by Crippen LogP contribution is 2.26. The molecule has 0 aliphatic rings. The highest BCUT2D eigenvalue weighted by molar-refractivity contribution is 5.85. The topological polar surface area (TPSA) is 88.1 Å². The van der Waals surface area contributed by atoms with Crippen molar-refractivity contribution < 1.29 is 14.6 Å². The van der Waals surface area contributed by atoms with Crippen LogP contribution < -0.4 is 0 Å². The average molecular weight is 375 g/mol. The van der Waals surface area contributed by atoms with Gasteiger partial charge in [0.25, 0.3) is 0 Å². The molecule has 1 aromatic heterocycles. The Morgan fingerprint density at radius 1 is 1.18 bits per heavy atom. The normalized spacial score (nSPS) is 12.4. The minimum Gasteiger partial charge on any atom is -0.507 e. The molecule has 0 radical (unpaired) electrons. The number of fused-ring (bicyclic) bond motifs is 1. The van der Waals surface area contributed by atoms with E-state index in [4.69, 9.17) is 4.74 Å². The third-order valence-corrected chi connectivity index (χ3v) is 4.76. The Labute approximate surface area is 163 Å². The Morgan fingerprint density at radius 2 is 1.82 bits per heavy atom. The Kier molecular flexibility index (Phi) is 5.18. The van der Waals surface area contributed by atoms with Gasteiger partial charge in [-0.2, -0.15) is 5.26 Å². The van der Waals surface area contributed by atoms with Crippen molar-refractivity contribution in [1.29, 1.82) is 5.26 Å². The van der Waals surface area contributed by atoms with E-state index in [9.17, 15) is 15.2 Å². The van der Waals surface area contributed by atoms with Gasteiger partial charge in [-0.1, -0.05) is 42.5 Å². The monoisotopic (exact) mass is 375 g/mol. The van der Waals surface area contributed by atoms with Crippen LogP contribution >= 0.6 is 0 Å². The van der Waals surface area contributed by atoms with Gasteiger partial charge in [0.15, 0.2) is 11.6 Å². The van der Waals surface area contributed by atoms with Gasteiger partial charge in [0.1, 0.15) is 18.2 Å². The Hall–Kier alpha value is -3.59. The molecule has 0 amide bonds. The number of rotatable bonds is 5. The summed E-state index contributed by atoms with van der Waals surface area (Å²) in [7, 11) is 1.76. The standard InChI is InChI=1S/C22H21N3O3/c1-22(2,15-9-5-4-6-10-15)21(27)28-14-19(26)16(13-23)20-24-17-11-7-8-12-18(17)25(20)3/h4-12,26H,14H2,1-3H3/b19-16-. The second-order valence-electron chi connectivity index (χ2n) is 6.98. The maximum atomic E-state index is 12.6. The third-order valence-electron chi connectivity index (χ3n) is 4.76. The molecule has 0 aliphatic heterocycles. The van der Waals surface area contributed by atoms with Crippen LogP contribution in [0.5, 0.6) is 0 Å². The lowest BCUT2D eigenvalue weighted by molar-refractivity contribution is -0.149. The number of ether oxygens (including phenoxy) is 1. The summed E-state index contributed by atoms with van der Waals surface area (Å²) in [5.41, 5.74) is 1.44. The van der Waals surface area contributed by atoms with E-state index in [1.807, 2.05) is 60.7 Å². The molecule has 6 heteroatoms. The van der Waals surface area contributed by atoms with Crippen molar-refractivity contribution in [3.05, 3.63) is 71.7 Å².